The summed E-state index contributed by atoms with van der Waals surface area (Å²) in [6.07, 6.45) is -0.0844. The SMILES string of the molecule is Cc1ccc(C)c(NC(=O)C(=O)NCC(O)c2ccc3c(c2)CCO3)c1. The van der Waals surface area contributed by atoms with Gasteiger partial charge >= 0.3 is 11.8 Å². The van der Waals surface area contributed by atoms with Crippen molar-refractivity contribution in [1.29, 1.82) is 0 Å². The van der Waals surface area contributed by atoms with E-state index >= 15 is 0 Å². The van der Waals surface area contributed by atoms with Crippen molar-refractivity contribution >= 4 is 17.5 Å². The number of aryl methyl sites for hydroxylation is 2. The number of aliphatic hydroxyl groups excluding tert-OH is 1. The highest BCUT2D eigenvalue weighted by Gasteiger charge is 2.19. The van der Waals surface area contributed by atoms with Gasteiger partial charge in [0, 0.05) is 18.7 Å². The first kappa shape index (κ1) is 17.9. The van der Waals surface area contributed by atoms with E-state index < -0.39 is 17.9 Å². The van der Waals surface area contributed by atoms with Crippen molar-refractivity contribution in [2.45, 2.75) is 26.4 Å². The maximum atomic E-state index is 12.1. The molecule has 0 aliphatic carbocycles. The highest BCUT2D eigenvalue weighted by molar-refractivity contribution is 6.39. The molecule has 1 aliphatic heterocycles. The second-order valence-corrected chi connectivity index (χ2v) is 6.46. The van der Waals surface area contributed by atoms with E-state index in [1.165, 1.54) is 0 Å². The quantitative estimate of drug-likeness (QED) is 0.733. The molecule has 6 nitrogen and oxygen atoms in total. The summed E-state index contributed by atoms with van der Waals surface area (Å²) in [6.45, 7) is 4.37. The number of hydrogen-bond donors (Lipinski definition) is 3. The molecule has 0 fully saturated rings. The first-order valence-electron chi connectivity index (χ1n) is 8.54. The minimum atomic E-state index is -0.890. The molecule has 0 spiro atoms. The van der Waals surface area contributed by atoms with Crippen LogP contribution in [0.5, 0.6) is 5.75 Å². The Labute approximate surface area is 152 Å². The van der Waals surface area contributed by atoms with Crippen molar-refractivity contribution in [3.8, 4) is 5.75 Å². The lowest BCUT2D eigenvalue weighted by atomic mass is 10.0. The van der Waals surface area contributed by atoms with Crippen LogP contribution in [0.25, 0.3) is 0 Å². The summed E-state index contributed by atoms with van der Waals surface area (Å²) in [5.74, 6) is -0.708. The molecule has 0 saturated heterocycles. The van der Waals surface area contributed by atoms with E-state index in [4.69, 9.17) is 4.74 Å². The van der Waals surface area contributed by atoms with Gasteiger partial charge in [0.15, 0.2) is 0 Å². The lowest BCUT2D eigenvalue weighted by Gasteiger charge is -2.14. The maximum Gasteiger partial charge on any atom is 0.313 e. The minimum Gasteiger partial charge on any atom is -0.493 e. The van der Waals surface area contributed by atoms with Crippen LogP contribution in [-0.2, 0) is 16.0 Å². The standard InChI is InChI=1S/C20H22N2O4/c1-12-3-4-13(2)16(9-12)22-20(25)19(24)21-11-17(23)14-5-6-18-15(10-14)7-8-26-18/h3-6,9-10,17,23H,7-8,11H2,1-2H3,(H,21,24)(H,22,25). The van der Waals surface area contributed by atoms with Crippen LogP contribution in [0.2, 0.25) is 0 Å². The predicted octanol–water partition coefficient (Wildman–Crippen LogP) is 2.03. The number of nitrogens with one attached hydrogen (secondary N) is 2. The fraction of sp³-hybridized carbons (Fsp3) is 0.300. The van der Waals surface area contributed by atoms with Gasteiger partial charge in [-0.25, -0.2) is 0 Å². The zero-order chi connectivity index (χ0) is 18.7. The van der Waals surface area contributed by atoms with Crippen LogP contribution >= 0.6 is 0 Å². The van der Waals surface area contributed by atoms with Gasteiger partial charge in [-0.15, -0.1) is 0 Å². The number of carbonyl (C=O) groups is 2. The number of benzene rings is 2. The molecular weight excluding hydrogens is 332 g/mol. The van der Waals surface area contributed by atoms with E-state index in [2.05, 4.69) is 10.6 Å². The van der Waals surface area contributed by atoms with Gasteiger partial charge < -0.3 is 20.5 Å². The molecule has 1 atom stereocenters. The zero-order valence-corrected chi connectivity index (χ0v) is 14.8. The Morgan fingerprint density at radius 1 is 1.15 bits per heavy atom. The number of amides is 2. The number of carbonyl (C=O) groups excluding carboxylic acids is 2. The number of hydrogen-bond acceptors (Lipinski definition) is 4. The molecule has 136 valence electrons. The van der Waals surface area contributed by atoms with Crippen molar-refractivity contribution in [3.63, 3.8) is 0 Å². The van der Waals surface area contributed by atoms with Gasteiger partial charge in [-0.2, -0.15) is 0 Å². The zero-order valence-electron chi connectivity index (χ0n) is 14.8. The lowest BCUT2D eigenvalue weighted by Crippen LogP contribution is -2.37. The largest absolute Gasteiger partial charge is 0.493 e. The van der Waals surface area contributed by atoms with Gasteiger partial charge in [0.05, 0.1) is 12.7 Å². The molecule has 2 aromatic rings. The van der Waals surface area contributed by atoms with Gasteiger partial charge in [-0.3, -0.25) is 9.59 Å². The average molecular weight is 354 g/mol. The van der Waals surface area contributed by atoms with Crippen LogP contribution in [0.15, 0.2) is 36.4 Å². The molecule has 6 heteroatoms. The summed E-state index contributed by atoms with van der Waals surface area (Å²) in [5.41, 5.74) is 4.19. The Bertz CT molecular complexity index is 848. The maximum absolute atomic E-state index is 12.1. The summed E-state index contributed by atoms with van der Waals surface area (Å²) >= 11 is 0. The molecular formula is C20H22N2O4. The summed E-state index contributed by atoms with van der Waals surface area (Å²) in [5, 5.41) is 15.3. The Morgan fingerprint density at radius 3 is 2.77 bits per heavy atom. The fourth-order valence-electron chi connectivity index (χ4n) is 2.85. The third kappa shape index (κ3) is 4.03. The van der Waals surface area contributed by atoms with Crippen LogP contribution in [0, 0.1) is 13.8 Å². The molecule has 0 bridgehead atoms. The van der Waals surface area contributed by atoms with Crippen molar-refractivity contribution < 1.29 is 19.4 Å². The molecule has 0 saturated carbocycles. The van der Waals surface area contributed by atoms with Gasteiger partial charge in [0.2, 0.25) is 0 Å². The highest BCUT2D eigenvalue weighted by atomic mass is 16.5. The van der Waals surface area contributed by atoms with E-state index in [0.717, 1.165) is 28.9 Å². The topological polar surface area (TPSA) is 87.7 Å². The van der Waals surface area contributed by atoms with Crippen molar-refractivity contribution in [2.24, 2.45) is 0 Å². The number of anilines is 1. The molecule has 2 amide bonds. The smallest absolute Gasteiger partial charge is 0.313 e. The van der Waals surface area contributed by atoms with Gasteiger partial charge in [0.25, 0.3) is 0 Å². The van der Waals surface area contributed by atoms with Crippen LogP contribution in [-0.4, -0.2) is 30.1 Å². The van der Waals surface area contributed by atoms with Crippen molar-refractivity contribution in [3.05, 3.63) is 58.7 Å². The summed E-state index contributed by atoms with van der Waals surface area (Å²) in [6, 6.07) is 11.1. The predicted molar refractivity (Wildman–Crippen MR) is 98.2 cm³/mol. The van der Waals surface area contributed by atoms with E-state index in [-0.39, 0.29) is 6.54 Å². The molecule has 0 aromatic heterocycles. The van der Waals surface area contributed by atoms with Gasteiger partial charge in [-0.05, 0) is 54.3 Å². The molecule has 0 radical (unpaired) electrons. The summed E-state index contributed by atoms with van der Waals surface area (Å²) in [4.78, 5) is 24.1. The minimum absolute atomic E-state index is 0.0430. The fourth-order valence-corrected chi connectivity index (χ4v) is 2.85. The number of fused-ring (bicyclic) bond motifs is 1. The van der Waals surface area contributed by atoms with E-state index in [9.17, 15) is 14.7 Å². The monoisotopic (exact) mass is 354 g/mol. The number of rotatable bonds is 4. The van der Waals surface area contributed by atoms with E-state index in [1.807, 2.05) is 44.2 Å². The molecule has 3 N–H and O–H groups in total. The highest BCUT2D eigenvalue weighted by Crippen LogP contribution is 2.28. The number of ether oxygens (including phenoxy) is 1. The molecule has 3 rings (SSSR count). The third-order valence-electron chi connectivity index (χ3n) is 4.40. The second kappa shape index (κ2) is 7.58. The molecule has 2 aromatic carbocycles. The Hall–Kier alpha value is -2.86. The molecule has 1 heterocycles. The van der Waals surface area contributed by atoms with Crippen LogP contribution in [0.1, 0.15) is 28.4 Å². The van der Waals surface area contributed by atoms with E-state index in [0.29, 0.717) is 17.9 Å². The lowest BCUT2D eigenvalue weighted by molar-refractivity contribution is -0.136. The Balaban J connectivity index is 1.56. The molecule has 1 aliphatic rings. The normalized spacial score (nSPS) is 13.5. The van der Waals surface area contributed by atoms with E-state index in [1.54, 1.807) is 6.07 Å². The van der Waals surface area contributed by atoms with Crippen LogP contribution in [0.3, 0.4) is 0 Å². The second-order valence-electron chi connectivity index (χ2n) is 6.46. The Morgan fingerprint density at radius 2 is 1.96 bits per heavy atom. The van der Waals surface area contributed by atoms with Crippen molar-refractivity contribution in [2.75, 3.05) is 18.5 Å². The molecule has 1 unspecified atom stereocenters. The third-order valence-corrected chi connectivity index (χ3v) is 4.40. The summed E-state index contributed by atoms with van der Waals surface area (Å²) in [7, 11) is 0. The Kier molecular flexibility index (Phi) is 5.23. The van der Waals surface area contributed by atoms with Crippen LogP contribution < -0.4 is 15.4 Å². The first-order valence-corrected chi connectivity index (χ1v) is 8.54. The van der Waals surface area contributed by atoms with Crippen molar-refractivity contribution in [1.82, 2.24) is 5.32 Å². The van der Waals surface area contributed by atoms with Gasteiger partial charge in [0.1, 0.15) is 5.75 Å². The number of aliphatic hydroxyl groups is 1. The summed E-state index contributed by atoms with van der Waals surface area (Å²) < 4.78 is 5.43. The average Bonchev–Trinajstić information content (AvgIpc) is 3.10. The molecule has 26 heavy (non-hydrogen) atoms. The van der Waals surface area contributed by atoms with Gasteiger partial charge in [-0.1, -0.05) is 18.2 Å². The first-order chi connectivity index (χ1) is 12.4. The van der Waals surface area contributed by atoms with Crippen LogP contribution in [0.4, 0.5) is 5.69 Å².